The summed E-state index contributed by atoms with van der Waals surface area (Å²) in [5, 5.41) is 8.34. The zero-order valence-corrected chi connectivity index (χ0v) is 22.1. The number of nitrogens with one attached hydrogen (secondary N) is 2. The highest BCUT2D eigenvalue weighted by Crippen LogP contribution is 2.07. The van der Waals surface area contributed by atoms with Gasteiger partial charge in [-0.05, 0) is 18.4 Å². The van der Waals surface area contributed by atoms with Crippen molar-refractivity contribution in [3.63, 3.8) is 0 Å². The number of aromatic nitrogens is 2. The quantitative estimate of drug-likeness (QED) is 0.0520. The van der Waals surface area contributed by atoms with Gasteiger partial charge in [0.25, 0.3) is 5.91 Å². The van der Waals surface area contributed by atoms with Crippen molar-refractivity contribution in [3.8, 4) is 0 Å². The van der Waals surface area contributed by atoms with Gasteiger partial charge < -0.3 is 19.7 Å². The molecule has 0 unspecified atom stereocenters. The van der Waals surface area contributed by atoms with Gasteiger partial charge in [0.1, 0.15) is 6.04 Å². The Balaban J connectivity index is 2.76. The van der Waals surface area contributed by atoms with E-state index in [-0.39, 0.29) is 31.5 Å². The number of likely N-dealkylation sites (N-methyl/N-ethyl adjacent to an activating group) is 1. The van der Waals surface area contributed by atoms with Crippen LogP contribution in [0.25, 0.3) is 10.4 Å². The predicted octanol–water partition coefficient (Wildman–Crippen LogP) is -0.413. The minimum absolute atomic E-state index is 0.0274. The van der Waals surface area contributed by atoms with E-state index in [1.165, 1.54) is 0 Å². The third-order valence-corrected chi connectivity index (χ3v) is 6.74. The topological polar surface area (TPSA) is 224 Å². The van der Waals surface area contributed by atoms with Crippen LogP contribution < -0.4 is 10.6 Å². The third-order valence-electron chi connectivity index (χ3n) is 5.08. The molecule has 0 aliphatic heterocycles. The number of carbonyl (C=O) groups excluding carboxylic acids is 2. The third kappa shape index (κ3) is 12.7. The van der Waals surface area contributed by atoms with Crippen LogP contribution >= 0.6 is 0 Å². The summed E-state index contributed by atoms with van der Waals surface area (Å²) in [7, 11) is -4.26. The molecule has 0 fully saturated rings. The van der Waals surface area contributed by atoms with Gasteiger partial charge in [-0.3, -0.25) is 9.59 Å². The fraction of sp³-hybridized carbons (Fsp3) is 0.684. The number of unbranched alkanes of at least 4 members (excludes halogenated alkanes) is 1. The molecule has 1 aromatic rings. The van der Waals surface area contributed by atoms with Gasteiger partial charge in [0, 0.05) is 42.3 Å². The van der Waals surface area contributed by atoms with Crippen LogP contribution in [0.2, 0.25) is 0 Å². The molecule has 1 rings (SSSR count). The number of amides is 2. The van der Waals surface area contributed by atoms with E-state index in [4.69, 9.17) is 5.53 Å². The minimum Gasteiger partial charge on any atom is -0.748 e. The van der Waals surface area contributed by atoms with E-state index in [1.54, 1.807) is 0 Å². The van der Waals surface area contributed by atoms with Crippen LogP contribution in [0.4, 0.5) is 0 Å². The zero-order valence-electron chi connectivity index (χ0n) is 20.5. The molecule has 2 N–H and O–H groups in total. The molecule has 0 spiro atoms. The maximum atomic E-state index is 12.8. The summed E-state index contributed by atoms with van der Waals surface area (Å²) in [6.07, 6.45) is 4.46. The Labute approximate surface area is 210 Å². The van der Waals surface area contributed by atoms with Gasteiger partial charge in [-0.15, -0.1) is 0 Å². The summed E-state index contributed by atoms with van der Waals surface area (Å²) in [5.74, 6) is -1.58. The molecule has 202 valence electrons. The van der Waals surface area contributed by atoms with Gasteiger partial charge in [0.2, 0.25) is 20.9 Å². The Morgan fingerprint density at radius 1 is 1.14 bits per heavy atom. The average molecular weight is 549 g/mol. The second-order valence-corrected chi connectivity index (χ2v) is 12.2. The van der Waals surface area contributed by atoms with E-state index in [0.717, 1.165) is 18.6 Å². The molecule has 15 nitrogen and oxygen atoms in total. The van der Waals surface area contributed by atoms with Crippen LogP contribution in [-0.4, -0.2) is 106 Å². The lowest BCUT2D eigenvalue weighted by molar-refractivity contribution is -0.889. The first-order chi connectivity index (χ1) is 16.6. The number of hydrogen-bond donors (Lipinski definition) is 2. The second-order valence-electron chi connectivity index (χ2n) is 8.79. The average Bonchev–Trinajstić information content (AvgIpc) is 2.76. The number of azide groups is 1. The van der Waals surface area contributed by atoms with Crippen molar-refractivity contribution in [1.82, 2.24) is 20.6 Å². The van der Waals surface area contributed by atoms with E-state index in [9.17, 15) is 31.0 Å². The first-order valence-electron chi connectivity index (χ1n) is 11.0. The van der Waals surface area contributed by atoms with Crippen molar-refractivity contribution in [3.05, 3.63) is 28.4 Å². The summed E-state index contributed by atoms with van der Waals surface area (Å²) in [4.78, 5) is 35.4. The van der Waals surface area contributed by atoms with Crippen LogP contribution in [0, 0.1) is 0 Å². The Kier molecular flexibility index (Phi) is 12.2. The summed E-state index contributed by atoms with van der Waals surface area (Å²) >= 11 is 0. The Hall–Kier alpha value is -2.85. The maximum absolute atomic E-state index is 12.8. The molecule has 36 heavy (non-hydrogen) atoms. The summed E-state index contributed by atoms with van der Waals surface area (Å²) in [6.45, 7) is 1.33. The van der Waals surface area contributed by atoms with Gasteiger partial charge >= 0.3 is 0 Å². The van der Waals surface area contributed by atoms with Gasteiger partial charge in [0.05, 0.1) is 49.4 Å². The van der Waals surface area contributed by atoms with Gasteiger partial charge in [-0.2, -0.15) is 0 Å². The lowest BCUT2D eigenvalue weighted by Gasteiger charge is -2.30. The van der Waals surface area contributed by atoms with Crippen LogP contribution in [-0.2, 0) is 24.7 Å². The molecule has 1 aromatic heterocycles. The number of nitrogens with zero attached hydrogens (tertiary/aromatic N) is 6. The molecule has 0 aliphatic carbocycles. The predicted molar refractivity (Wildman–Crippen MR) is 128 cm³/mol. The molecule has 0 aromatic carbocycles. The summed E-state index contributed by atoms with van der Waals surface area (Å²) in [5.41, 5.74) is 8.35. The van der Waals surface area contributed by atoms with Crippen molar-refractivity contribution >= 4 is 31.8 Å². The molecule has 2 amide bonds. The number of quaternary nitrogens is 1. The van der Waals surface area contributed by atoms with Crippen LogP contribution in [0.15, 0.2) is 22.7 Å². The Bertz CT molecular complexity index is 1150. The van der Waals surface area contributed by atoms with E-state index in [0.29, 0.717) is 30.4 Å². The molecule has 0 bridgehead atoms. The smallest absolute Gasteiger partial charge is 0.255 e. The van der Waals surface area contributed by atoms with Crippen LogP contribution in [0.3, 0.4) is 0 Å². The largest absolute Gasteiger partial charge is 0.748 e. The first-order valence-corrected chi connectivity index (χ1v) is 14.5. The van der Waals surface area contributed by atoms with E-state index in [1.807, 2.05) is 14.1 Å². The molecular formula is C19H32N8O7S2. The van der Waals surface area contributed by atoms with Crippen molar-refractivity contribution in [2.75, 3.05) is 52.3 Å². The fourth-order valence-electron chi connectivity index (χ4n) is 3.10. The fourth-order valence-corrected chi connectivity index (χ4v) is 4.07. The molecule has 0 radical (unpaired) electrons. The standard InChI is InChI=1S/C19H32N8O7S2/c1-27(2,10-6-12-36(32,33)34)11-9-21-18(29)16(7-4-5-8-24-26-20)25-17(28)15-13-22-19(23-14-15)35(3,30)31/h13-14,16H,4-12H2,1-3H3,(H2-,21,25,28,29,32,33,34)/t16-/m0/s1. The molecule has 17 heteroatoms. The van der Waals surface area contributed by atoms with Gasteiger partial charge in [0.15, 0.2) is 0 Å². The Morgan fingerprint density at radius 2 is 1.78 bits per heavy atom. The Morgan fingerprint density at radius 3 is 2.33 bits per heavy atom. The number of hydrogen-bond acceptors (Lipinski definition) is 10. The monoisotopic (exact) mass is 548 g/mol. The number of carbonyl (C=O) groups is 2. The molecule has 0 saturated carbocycles. The highest BCUT2D eigenvalue weighted by Gasteiger charge is 2.23. The molecule has 1 heterocycles. The molecule has 1 atom stereocenters. The summed E-state index contributed by atoms with van der Waals surface area (Å²) < 4.78 is 55.7. The summed E-state index contributed by atoms with van der Waals surface area (Å²) in [6, 6.07) is -0.931. The highest BCUT2D eigenvalue weighted by atomic mass is 32.2. The first kappa shape index (κ1) is 31.2. The van der Waals surface area contributed by atoms with Crippen molar-refractivity contribution in [2.45, 2.75) is 36.9 Å². The highest BCUT2D eigenvalue weighted by molar-refractivity contribution is 7.90. The van der Waals surface area contributed by atoms with Crippen molar-refractivity contribution < 1.29 is 35.5 Å². The second kappa shape index (κ2) is 14.0. The normalized spacial score (nSPS) is 12.9. The van der Waals surface area contributed by atoms with E-state index < -0.39 is 48.7 Å². The van der Waals surface area contributed by atoms with Crippen LogP contribution in [0.5, 0.6) is 0 Å². The molecule has 0 saturated heterocycles. The van der Waals surface area contributed by atoms with Crippen molar-refractivity contribution in [2.24, 2.45) is 5.11 Å². The zero-order chi connectivity index (χ0) is 27.4. The lowest BCUT2D eigenvalue weighted by Crippen LogP contribution is -2.51. The van der Waals surface area contributed by atoms with E-state index >= 15 is 0 Å². The number of sulfone groups is 1. The van der Waals surface area contributed by atoms with Crippen LogP contribution in [0.1, 0.15) is 36.0 Å². The lowest BCUT2D eigenvalue weighted by atomic mass is 10.1. The number of rotatable bonds is 16. The molecule has 0 aliphatic rings. The van der Waals surface area contributed by atoms with Gasteiger partial charge in [-0.25, -0.2) is 26.8 Å². The molecular weight excluding hydrogens is 516 g/mol. The van der Waals surface area contributed by atoms with Gasteiger partial charge in [-0.1, -0.05) is 11.5 Å². The minimum atomic E-state index is -4.29. The van der Waals surface area contributed by atoms with E-state index in [2.05, 4.69) is 30.6 Å². The van der Waals surface area contributed by atoms with Crippen molar-refractivity contribution in [1.29, 1.82) is 0 Å². The maximum Gasteiger partial charge on any atom is 0.255 e. The SMILES string of the molecule is C[N+](C)(CCCS(=O)(=O)[O-])CCNC(=O)[C@H](CCCCN=[N+]=[N-])NC(=O)c1cnc(S(C)(=O)=O)nc1.